The van der Waals surface area contributed by atoms with E-state index in [-0.39, 0.29) is 29.1 Å². The van der Waals surface area contributed by atoms with Crippen LogP contribution < -0.4 is 5.32 Å². The highest BCUT2D eigenvalue weighted by molar-refractivity contribution is 6.21. The summed E-state index contributed by atoms with van der Waals surface area (Å²) in [5.41, 5.74) is 0.482. The molecule has 1 aromatic carbocycles. The van der Waals surface area contributed by atoms with Crippen molar-refractivity contribution < 1.29 is 9.72 Å². The molecule has 0 saturated carbocycles. The summed E-state index contributed by atoms with van der Waals surface area (Å²) < 4.78 is 0. The number of amides is 1. The van der Waals surface area contributed by atoms with E-state index < -0.39 is 10.8 Å². The van der Waals surface area contributed by atoms with E-state index in [1.54, 1.807) is 19.1 Å². The van der Waals surface area contributed by atoms with Crippen molar-refractivity contribution in [3.8, 4) is 0 Å². The molecule has 0 bridgehead atoms. The third kappa shape index (κ3) is 3.92. The van der Waals surface area contributed by atoms with Crippen molar-refractivity contribution >= 4 is 23.2 Å². The maximum atomic E-state index is 12.0. The zero-order valence-electron chi connectivity index (χ0n) is 11.1. The molecule has 19 heavy (non-hydrogen) atoms. The highest BCUT2D eigenvalue weighted by Crippen LogP contribution is 2.21. The van der Waals surface area contributed by atoms with Crippen LogP contribution in [0, 0.1) is 23.0 Å². The SMILES string of the molecule is Cc1cccc([N+](=O)[O-])c1C(=O)NCC(Cl)C(C)C. The lowest BCUT2D eigenvalue weighted by Gasteiger charge is -2.14. The Bertz CT molecular complexity index is 489. The van der Waals surface area contributed by atoms with Gasteiger partial charge >= 0.3 is 0 Å². The first-order chi connectivity index (χ1) is 8.84. The van der Waals surface area contributed by atoms with Crippen LogP contribution in [0.5, 0.6) is 0 Å². The first kappa shape index (κ1) is 15.4. The van der Waals surface area contributed by atoms with Gasteiger partial charge in [-0.05, 0) is 18.4 Å². The van der Waals surface area contributed by atoms with Crippen LogP contribution in [0.4, 0.5) is 5.69 Å². The second-order valence-electron chi connectivity index (χ2n) is 4.70. The lowest BCUT2D eigenvalue weighted by Crippen LogP contribution is -2.32. The smallest absolute Gasteiger partial charge is 0.282 e. The molecule has 5 nitrogen and oxygen atoms in total. The Balaban J connectivity index is 2.91. The summed E-state index contributed by atoms with van der Waals surface area (Å²) in [6.07, 6.45) is 0. The van der Waals surface area contributed by atoms with Gasteiger partial charge in [-0.15, -0.1) is 11.6 Å². The summed E-state index contributed by atoms with van der Waals surface area (Å²) >= 11 is 6.04. The van der Waals surface area contributed by atoms with Gasteiger partial charge in [-0.25, -0.2) is 0 Å². The van der Waals surface area contributed by atoms with E-state index in [1.165, 1.54) is 6.07 Å². The van der Waals surface area contributed by atoms with Crippen LogP contribution in [0.25, 0.3) is 0 Å². The molecule has 6 heteroatoms. The van der Waals surface area contributed by atoms with Crippen molar-refractivity contribution in [3.05, 3.63) is 39.4 Å². The maximum absolute atomic E-state index is 12.0. The number of rotatable bonds is 5. The maximum Gasteiger partial charge on any atom is 0.282 e. The molecule has 1 atom stereocenters. The predicted octanol–water partition coefficient (Wildman–Crippen LogP) is 2.90. The summed E-state index contributed by atoms with van der Waals surface area (Å²) in [4.78, 5) is 22.4. The van der Waals surface area contributed by atoms with Crippen molar-refractivity contribution in [2.75, 3.05) is 6.54 Å². The average molecular weight is 285 g/mol. The zero-order chi connectivity index (χ0) is 14.6. The van der Waals surface area contributed by atoms with Crippen molar-refractivity contribution in [2.24, 2.45) is 5.92 Å². The van der Waals surface area contributed by atoms with Gasteiger partial charge < -0.3 is 5.32 Å². The van der Waals surface area contributed by atoms with Gasteiger partial charge in [0.1, 0.15) is 5.56 Å². The predicted molar refractivity (Wildman–Crippen MR) is 74.6 cm³/mol. The fourth-order valence-electron chi connectivity index (χ4n) is 1.61. The van der Waals surface area contributed by atoms with E-state index in [0.717, 1.165) is 0 Å². The summed E-state index contributed by atoms with van der Waals surface area (Å²) in [6, 6.07) is 4.55. The minimum Gasteiger partial charge on any atom is -0.350 e. The third-order valence-corrected chi connectivity index (χ3v) is 3.51. The third-order valence-electron chi connectivity index (χ3n) is 2.86. The number of halogens is 1. The molecule has 1 amide bonds. The number of nitro benzene ring substituents is 1. The van der Waals surface area contributed by atoms with E-state index in [0.29, 0.717) is 5.56 Å². The van der Waals surface area contributed by atoms with E-state index >= 15 is 0 Å². The Labute approximate surface area is 117 Å². The molecule has 1 unspecified atom stereocenters. The number of hydrogen-bond donors (Lipinski definition) is 1. The molecular formula is C13H17ClN2O3. The number of carbonyl (C=O) groups is 1. The van der Waals surface area contributed by atoms with Crippen LogP contribution in [0.15, 0.2) is 18.2 Å². The number of nitrogens with one attached hydrogen (secondary N) is 1. The van der Waals surface area contributed by atoms with Crippen molar-refractivity contribution in [3.63, 3.8) is 0 Å². The molecule has 1 aromatic rings. The first-order valence-corrected chi connectivity index (χ1v) is 6.44. The Hall–Kier alpha value is -1.62. The molecule has 0 spiro atoms. The van der Waals surface area contributed by atoms with Gasteiger partial charge in [-0.1, -0.05) is 26.0 Å². The van der Waals surface area contributed by atoms with Crippen LogP contribution >= 0.6 is 11.6 Å². The minimum absolute atomic E-state index is 0.0973. The van der Waals surface area contributed by atoms with Crippen molar-refractivity contribution in [1.82, 2.24) is 5.32 Å². The topological polar surface area (TPSA) is 72.2 Å². The fraction of sp³-hybridized carbons (Fsp3) is 0.462. The van der Waals surface area contributed by atoms with Gasteiger partial charge in [0.15, 0.2) is 0 Å². The quantitative estimate of drug-likeness (QED) is 0.513. The molecule has 0 saturated heterocycles. The molecular weight excluding hydrogens is 268 g/mol. The Morgan fingerprint density at radius 2 is 2.11 bits per heavy atom. The monoisotopic (exact) mass is 284 g/mol. The number of hydrogen-bond acceptors (Lipinski definition) is 3. The summed E-state index contributed by atoms with van der Waals surface area (Å²) in [7, 11) is 0. The fourth-order valence-corrected chi connectivity index (χ4v) is 1.69. The van der Waals surface area contributed by atoms with Crippen LogP contribution in [0.3, 0.4) is 0 Å². The lowest BCUT2D eigenvalue weighted by atomic mass is 10.1. The first-order valence-electron chi connectivity index (χ1n) is 6.00. The number of alkyl halides is 1. The Morgan fingerprint density at radius 1 is 1.47 bits per heavy atom. The highest BCUT2D eigenvalue weighted by Gasteiger charge is 2.22. The normalized spacial score (nSPS) is 12.3. The highest BCUT2D eigenvalue weighted by atomic mass is 35.5. The molecule has 0 heterocycles. The van der Waals surface area contributed by atoms with Gasteiger partial charge in [0.05, 0.1) is 10.3 Å². The molecule has 1 rings (SSSR count). The van der Waals surface area contributed by atoms with Crippen molar-refractivity contribution in [2.45, 2.75) is 26.1 Å². The number of aryl methyl sites for hydroxylation is 1. The molecule has 0 aromatic heterocycles. The van der Waals surface area contributed by atoms with E-state index in [1.807, 2.05) is 13.8 Å². The average Bonchev–Trinajstić information content (AvgIpc) is 2.34. The number of benzene rings is 1. The van der Waals surface area contributed by atoms with Crippen LogP contribution in [0.2, 0.25) is 0 Å². The summed E-state index contributed by atoms with van der Waals surface area (Å²) in [6.45, 7) is 5.84. The standard InChI is InChI=1S/C13H17ClN2O3/c1-8(2)10(14)7-15-13(17)12-9(3)5-4-6-11(12)16(18)19/h4-6,8,10H,7H2,1-3H3,(H,15,17). The summed E-state index contributed by atoms with van der Waals surface area (Å²) in [5.74, 6) is -0.245. The summed E-state index contributed by atoms with van der Waals surface area (Å²) in [5, 5.41) is 13.4. The lowest BCUT2D eigenvalue weighted by molar-refractivity contribution is -0.385. The number of nitro groups is 1. The largest absolute Gasteiger partial charge is 0.350 e. The van der Waals surface area contributed by atoms with Gasteiger partial charge in [-0.3, -0.25) is 14.9 Å². The van der Waals surface area contributed by atoms with Crippen molar-refractivity contribution in [1.29, 1.82) is 0 Å². The molecule has 0 aliphatic carbocycles. The van der Waals surface area contributed by atoms with E-state index in [2.05, 4.69) is 5.32 Å². The van der Waals surface area contributed by atoms with Crippen LogP contribution in [-0.2, 0) is 0 Å². The van der Waals surface area contributed by atoms with Gasteiger partial charge in [0, 0.05) is 12.6 Å². The second-order valence-corrected chi connectivity index (χ2v) is 5.26. The van der Waals surface area contributed by atoms with Gasteiger partial charge in [0.25, 0.3) is 11.6 Å². The Kier molecular flexibility index (Phi) is 5.30. The molecule has 0 fully saturated rings. The minimum atomic E-state index is -0.553. The molecule has 0 aliphatic rings. The number of carbonyl (C=O) groups excluding carboxylic acids is 1. The molecule has 104 valence electrons. The molecule has 1 N–H and O–H groups in total. The van der Waals surface area contributed by atoms with E-state index in [4.69, 9.17) is 11.6 Å². The van der Waals surface area contributed by atoms with Crippen LogP contribution in [0.1, 0.15) is 29.8 Å². The van der Waals surface area contributed by atoms with Crippen LogP contribution in [-0.4, -0.2) is 22.8 Å². The van der Waals surface area contributed by atoms with Gasteiger partial charge in [-0.2, -0.15) is 0 Å². The van der Waals surface area contributed by atoms with E-state index in [9.17, 15) is 14.9 Å². The molecule has 0 aliphatic heterocycles. The zero-order valence-corrected chi connectivity index (χ0v) is 11.9. The Morgan fingerprint density at radius 3 is 2.63 bits per heavy atom. The second kappa shape index (κ2) is 6.52. The van der Waals surface area contributed by atoms with Gasteiger partial charge in [0.2, 0.25) is 0 Å². The molecule has 0 radical (unpaired) electrons. The number of nitrogens with zero attached hydrogens (tertiary/aromatic N) is 1.